The van der Waals surface area contributed by atoms with Gasteiger partial charge in [0.2, 0.25) is 0 Å². The van der Waals surface area contributed by atoms with E-state index in [4.69, 9.17) is 0 Å². The van der Waals surface area contributed by atoms with Crippen LogP contribution in [0.5, 0.6) is 0 Å². The smallest absolute Gasteiger partial charge is 0.132 e. The third-order valence-corrected chi connectivity index (χ3v) is 4.46. The molecule has 2 aliphatic rings. The maximum absolute atomic E-state index is 13.0. The van der Waals surface area contributed by atoms with Gasteiger partial charge in [0.15, 0.2) is 0 Å². The van der Waals surface area contributed by atoms with Crippen molar-refractivity contribution in [3.8, 4) is 0 Å². The highest BCUT2D eigenvalue weighted by Crippen LogP contribution is 2.39. The first-order chi connectivity index (χ1) is 10.8. The summed E-state index contributed by atoms with van der Waals surface area (Å²) >= 11 is 0. The van der Waals surface area contributed by atoms with Crippen molar-refractivity contribution in [2.45, 2.75) is 18.8 Å². The van der Waals surface area contributed by atoms with Gasteiger partial charge in [0.25, 0.3) is 0 Å². The van der Waals surface area contributed by atoms with Crippen LogP contribution in [-0.2, 0) is 0 Å². The highest BCUT2D eigenvalue weighted by molar-refractivity contribution is 5.49. The van der Waals surface area contributed by atoms with Gasteiger partial charge < -0.3 is 9.80 Å². The third kappa shape index (κ3) is 2.75. The number of halogens is 1. The van der Waals surface area contributed by atoms with Gasteiger partial charge >= 0.3 is 0 Å². The highest BCUT2D eigenvalue weighted by atomic mass is 19.1. The topological polar surface area (TPSA) is 32.3 Å². The minimum absolute atomic E-state index is 0.184. The zero-order valence-corrected chi connectivity index (χ0v) is 12.5. The fourth-order valence-electron chi connectivity index (χ4n) is 2.98. The molecule has 4 rings (SSSR count). The van der Waals surface area contributed by atoms with Crippen LogP contribution in [0.15, 0.2) is 36.7 Å². The molecule has 1 aromatic carbocycles. The molecule has 2 fully saturated rings. The average molecular weight is 298 g/mol. The van der Waals surface area contributed by atoms with E-state index >= 15 is 0 Å². The number of piperazine rings is 1. The molecule has 114 valence electrons. The Hall–Kier alpha value is -2.17. The van der Waals surface area contributed by atoms with E-state index in [9.17, 15) is 4.39 Å². The number of benzene rings is 1. The number of hydrogen-bond acceptors (Lipinski definition) is 4. The molecule has 4 nitrogen and oxygen atoms in total. The average Bonchev–Trinajstić information content (AvgIpc) is 3.41. The molecule has 1 aliphatic carbocycles. The summed E-state index contributed by atoms with van der Waals surface area (Å²) < 4.78 is 13.0. The molecule has 5 heteroatoms. The quantitative estimate of drug-likeness (QED) is 0.872. The zero-order valence-electron chi connectivity index (χ0n) is 12.5. The van der Waals surface area contributed by atoms with Crippen molar-refractivity contribution in [1.29, 1.82) is 0 Å². The van der Waals surface area contributed by atoms with Crippen molar-refractivity contribution < 1.29 is 4.39 Å². The SMILES string of the molecule is Fc1ccc(N2CCN(c3cc(C4CC4)ncn3)CC2)cc1. The summed E-state index contributed by atoms with van der Waals surface area (Å²) in [7, 11) is 0. The highest BCUT2D eigenvalue weighted by Gasteiger charge is 2.26. The Kier molecular flexibility index (Phi) is 3.41. The van der Waals surface area contributed by atoms with E-state index in [0.717, 1.165) is 37.7 Å². The molecular weight excluding hydrogens is 279 g/mol. The Morgan fingerprint density at radius 1 is 0.909 bits per heavy atom. The molecule has 1 saturated heterocycles. The van der Waals surface area contributed by atoms with Gasteiger partial charge in [0, 0.05) is 49.5 Å². The van der Waals surface area contributed by atoms with Crippen LogP contribution < -0.4 is 9.80 Å². The normalized spacial score (nSPS) is 18.6. The van der Waals surface area contributed by atoms with Crippen molar-refractivity contribution in [2.75, 3.05) is 36.0 Å². The van der Waals surface area contributed by atoms with Crippen LogP contribution in [-0.4, -0.2) is 36.1 Å². The Morgan fingerprint density at radius 3 is 2.27 bits per heavy atom. The van der Waals surface area contributed by atoms with E-state index < -0.39 is 0 Å². The van der Waals surface area contributed by atoms with Gasteiger partial charge in [0.05, 0.1) is 0 Å². The van der Waals surface area contributed by atoms with Crippen LogP contribution in [0.3, 0.4) is 0 Å². The zero-order chi connectivity index (χ0) is 14.9. The minimum Gasteiger partial charge on any atom is -0.368 e. The monoisotopic (exact) mass is 298 g/mol. The third-order valence-electron chi connectivity index (χ3n) is 4.46. The summed E-state index contributed by atoms with van der Waals surface area (Å²) in [6.45, 7) is 3.71. The van der Waals surface area contributed by atoms with Crippen LogP contribution in [0.1, 0.15) is 24.5 Å². The van der Waals surface area contributed by atoms with Crippen LogP contribution in [0.2, 0.25) is 0 Å². The maximum atomic E-state index is 13.0. The first-order valence-electron chi connectivity index (χ1n) is 7.87. The number of nitrogens with zero attached hydrogens (tertiary/aromatic N) is 4. The van der Waals surface area contributed by atoms with Gasteiger partial charge in [-0.2, -0.15) is 0 Å². The summed E-state index contributed by atoms with van der Waals surface area (Å²) in [5.74, 6) is 1.51. The van der Waals surface area contributed by atoms with Gasteiger partial charge in [-0.1, -0.05) is 0 Å². The predicted octanol–water partition coefficient (Wildman–Crippen LogP) is 2.82. The Labute approximate surface area is 129 Å². The summed E-state index contributed by atoms with van der Waals surface area (Å²) in [4.78, 5) is 13.4. The van der Waals surface area contributed by atoms with E-state index in [-0.39, 0.29) is 5.82 Å². The van der Waals surface area contributed by atoms with Crippen molar-refractivity contribution in [1.82, 2.24) is 9.97 Å². The largest absolute Gasteiger partial charge is 0.368 e. The van der Waals surface area contributed by atoms with E-state index in [0.29, 0.717) is 5.92 Å². The minimum atomic E-state index is -0.184. The van der Waals surface area contributed by atoms with Crippen LogP contribution >= 0.6 is 0 Å². The molecular formula is C17H19FN4. The molecule has 22 heavy (non-hydrogen) atoms. The van der Waals surface area contributed by atoms with Crippen LogP contribution in [0.4, 0.5) is 15.9 Å². The van der Waals surface area contributed by atoms with Crippen molar-refractivity contribution in [2.24, 2.45) is 0 Å². The van der Waals surface area contributed by atoms with E-state index in [1.165, 1.54) is 30.7 Å². The van der Waals surface area contributed by atoms with Crippen molar-refractivity contribution >= 4 is 11.5 Å². The standard InChI is InChI=1S/C17H19FN4/c18-14-3-5-15(6-4-14)21-7-9-22(10-8-21)17-11-16(13-1-2-13)19-12-20-17/h3-6,11-13H,1-2,7-10H2. The lowest BCUT2D eigenvalue weighted by Crippen LogP contribution is -2.46. The van der Waals surface area contributed by atoms with Gasteiger partial charge in [-0.25, -0.2) is 14.4 Å². The second kappa shape index (κ2) is 5.55. The molecule has 0 atom stereocenters. The fourth-order valence-corrected chi connectivity index (χ4v) is 2.98. The summed E-state index contributed by atoms with van der Waals surface area (Å²) in [6.07, 6.45) is 4.21. The molecule has 0 unspecified atom stereocenters. The first kappa shape index (κ1) is 13.5. The lowest BCUT2D eigenvalue weighted by atomic mass is 10.2. The second-order valence-electron chi connectivity index (χ2n) is 6.03. The van der Waals surface area contributed by atoms with Crippen LogP contribution in [0.25, 0.3) is 0 Å². The van der Waals surface area contributed by atoms with Gasteiger partial charge in [-0.3, -0.25) is 0 Å². The van der Waals surface area contributed by atoms with Crippen molar-refractivity contribution in [3.63, 3.8) is 0 Å². The Balaban J connectivity index is 1.43. The van der Waals surface area contributed by atoms with Gasteiger partial charge in [-0.15, -0.1) is 0 Å². The van der Waals surface area contributed by atoms with Gasteiger partial charge in [0.1, 0.15) is 18.0 Å². The molecule has 2 heterocycles. The van der Waals surface area contributed by atoms with Crippen molar-refractivity contribution in [3.05, 3.63) is 48.2 Å². The van der Waals surface area contributed by atoms with Crippen LogP contribution in [0, 0.1) is 5.82 Å². The maximum Gasteiger partial charge on any atom is 0.132 e. The first-order valence-corrected chi connectivity index (χ1v) is 7.87. The number of anilines is 2. The van der Waals surface area contributed by atoms with E-state index in [1.54, 1.807) is 6.33 Å². The van der Waals surface area contributed by atoms with Gasteiger partial charge in [-0.05, 0) is 37.1 Å². The Bertz CT molecular complexity index is 646. The van der Waals surface area contributed by atoms with E-state index in [1.807, 2.05) is 12.1 Å². The fraction of sp³-hybridized carbons (Fsp3) is 0.412. The lowest BCUT2D eigenvalue weighted by molar-refractivity contribution is 0.624. The Morgan fingerprint density at radius 2 is 1.59 bits per heavy atom. The molecule has 0 N–H and O–H groups in total. The molecule has 0 bridgehead atoms. The lowest BCUT2D eigenvalue weighted by Gasteiger charge is -2.36. The molecule has 2 aromatic rings. The summed E-state index contributed by atoms with van der Waals surface area (Å²) in [5, 5.41) is 0. The summed E-state index contributed by atoms with van der Waals surface area (Å²) in [6, 6.07) is 8.88. The molecule has 1 aliphatic heterocycles. The number of hydrogen-bond donors (Lipinski definition) is 0. The summed E-state index contributed by atoms with van der Waals surface area (Å²) in [5.41, 5.74) is 2.27. The molecule has 0 spiro atoms. The number of aromatic nitrogens is 2. The molecule has 1 saturated carbocycles. The second-order valence-corrected chi connectivity index (χ2v) is 6.03. The number of rotatable bonds is 3. The molecule has 0 amide bonds. The molecule has 1 aromatic heterocycles. The predicted molar refractivity (Wildman–Crippen MR) is 84.8 cm³/mol. The van der Waals surface area contributed by atoms with E-state index in [2.05, 4.69) is 25.8 Å². The molecule has 0 radical (unpaired) electrons.